The maximum atomic E-state index is 12.2. The summed E-state index contributed by atoms with van der Waals surface area (Å²) in [5.74, 6) is -0.561. The van der Waals surface area contributed by atoms with Crippen LogP contribution in [0.2, 0.25) is 0 Å². The number of hydrogen-bond acceptors (Lipinski definition) is 4. The number of carboxylic acid groups (broad SMARTS) is 1. The van der Waals surface area contributed by atoms with Crippen molar-refractivity contribution in [2.24, 2.45) is 0 Å². The quantitative estimate of drug-likeness (QED) is 0.636. The van der Waals surface area contributed by atoms with Crippen LogP contribution >= 0.6 is 0 Å². The molecule has 1 heterocycles. The van der Waals surface area contributed by atoms with Crippen molar-refractivity contribution in [3.63, 3.8) is 0 Å². The maximum Gasteiger partial charge on any atom is 0.305 e. The van der Waals surface area contributed by atoms with Gasteiger partial charge in [0.25, 0.3) is 5.56 Å². The molecule has 0 saturated heterocycles. The number of aryl methyl sites for hydroxylation is 1. The number of carbonyl (C=O) groups is 2. The van der Waals surface area contributed by atoms with E-state index in [2.05, 4.69) is 15.3 Å². The van der Waals surface area contributed by atoms with Crippen LogP contribution in [0.3, 0.4) is 0 Å². The van der Waals surface area contributed by atoms with Crippen molar-refractivity contribution < 1.29 is 14.7 Å². The van der Waals surface area contributed by atoms with E-state index in [4.69, 9.17) is 5.11 Å². The predicted molar refractivity (Wildman–Crippen MR) is 99.0 cm³/mol. The summed E-state index contributed by atoms with van der Waals surface area (Å²) in [7, 11) is 0. The highest BCUT2D eigenvalue weighted by atomic mass is 16.4. The predicted octanol–water partition coefficient (Wildman–Crippen LogP) is 2.40. The third-order valence-electron chi connectivity index (χ3n) is 4.73. The lowest BCUT2D eigenvalue weighted by Crippen LogP contribution is -2.49. The summed E-state index contributed by atoms with van der Waals surface area (Å²) in [4.78, 5) is 42.5. The molecule has 0 unspecified atom stereocenters. The number of aliphatic carboxylic acids is 1. The van der Waals surface area contributed by atoms with Crippen LogP contribution in [0.4, 0.5) is 0 Å². The van der Waals surface area contributed by atoms with Gasteiger partial charge in [0.15, 0.2) is 0 Å². The van der Waals surface area contributed by atoms with Gasteiger partial charge < -0.3 is 15.4 Å². The number of hydrogen-bond donors (Lipinski definition) is 3. The molecule has 1 aromatic carbocycles. The summed E-state index contributed by atoms with van der Waals surface area (Å²) in [6.07, 6.45) is 2.26. The molecule has 0 fully saturated rings. The average molecular weight is 359 g/mol. The van der Waals surface area contributed by atoms with E-state index in [-0.39, 0.29) is 24.3 Å². The number of carbonyl (C=O) groups excluding carboxylic acids is 1. The largest absolute Gasteiger partial charge is 0.481 e. The standard InChI is InChI=1S/C19H25N3O4/c1-3-19(4-2,12-17(24)25)22-16(23)11-7-10-15-20-14-9-6-5-8-13(14)18(26)21-15/h5-6,8-9H,3-4,7,10-12H2,1-2H3,(H,22,23)(H,24,25)(H,20,21,26). The second-order valence-electron chi connectivity index (χ2n) is 6.49. The Kier molecular flexibility index (Phi) is 6.49. The zero-order valence-electron chi connectivity index (χ0n) is 15.2. The summed E-state index contributed by atoms with van der Waals surface area (Å²) in [6, 6.07) is 7.11. The normalized spacial score (nSPS) is 11.5. The Labute approximate surface area is 151 Å². The summed E-state index contributed by atoms with van der Waals surface area (Å²) >= 11 is 0. The highest BCUT2D eigenvalue weighted by molar-refractivity contribution is 5.78. The lowest BCUT2D eigenvalue weighted by atomic mass is 9.88. The van der Waals surface area contributed by atoms with Crippen molar-refractivity contribution in [2.75, 3.05) is 0 Å². The van der Waals surface area contributed by atoms with E-state index < -0.39 is 11.5 Å². The minimum atomic E-state index is -0.924. The van der Waals surface area contributed by atoms with E-state index in [1.807, 2.05) is 19.9 Å². The third kappa shape index (κ3) is 4.91. The molecule has 0 aliphatic rings. The van der Waals surface area contributed by atoms with Crippen molar-refractivity contribution in [3.8, 4) is 0 Å². The Morgan fingerprint density at radius 1 is 1.23 bits per heavy atom. The molecule has 2 rings (SSSR count). The first kappa shape index (κ1) is 19.6. The summed E-state index contributed by atoms with van der Waals surface area (Å²) in [5, 5.41) is 12.5. The number of benzene rings is 1. The fourth-order valence-corrected chi connectivity index (χ4v) is 3.04. The molecule has 140 valence electrons. The topological polar surface area (TPSA) is 112 Å². The van der Waals surface area contributed by atoms with Crippen LogP contribution in [0, 0.1) is 0 Å². The van der Waals surface area contributed by atoms with Crippen LogP contribution in [0.1, 0.15) is 51.8 Å². The molecule has 1 aromatic heterocycles. The molecule has 0 radical (unpaired) electrons. The number of nitrogens with one attached hydrogen (secondary N) is 2. The van der Waals surface area contributed by atoms with Crippen LogP contribution in [0.5, 0.6) is 0 Å². The number of fused-ring (bicyclic) bond motifs is 1. The van der Waals surface area contributed by atoms with Gasteiger partial charge in [-0.25, -0.2) is 4.98 Å². The second kappa shape index (κ2) is 8.60. The van der Waals surface area contributed by atoms with Gasteiger partial charge in [-0.3, -0.25) is 14.4 Å². The van der Waals surface area contributed by atoms with Crippen molar-refractivity contribution >= 4 is 22.8 Å². The van der Waals surface area contributed by atoms with Gasteiger partial charge in [0.05, 0.1) is 17.3 Å². The molecule has 0 saturated carbocycles. The van der Waals surface area contributed by atoms with Gasteiger partial charge in [-0.15, -0.1) is 0 Å². The van der Waals surface area contributed by atoms with Crippen LogP contribution in [0.15, 0.2) is 29.1 Å². The van der Waals surface area contributed by atoms with Gasteiger partial charge in [0, 0.05) is 18.4 Å². The Bertz CT molecular complexity index is 840. The van der Waals surface area contributed by atoms with Gasteiger partial charge in [0.1, 0.15) is 5.82 Å². The molecular weight excluding hydrogens is 334 g/mol. The number of aromatic amines is 1. The number of aromatic nitrogens is 2. The van der Waals surface area contributed by atoms with Crippen LogP contribution in [-0.2, 0) is 16.0 Å². The van der Waals surface area contributed by atoms with Gasteiger partial charge in [-0.1, -0.05) is 26.0 Å². The van der Waals surface area contributed by atoms with Crippen molar-refractivity contribution in [1.82, 2.24) is 15.3 Å². The molecule has 0 aliphatic carbocycles. The number of amides is 1. The van der Waals surface area contributed by atoms with Crippen molar-refractivity contribution in [2.45, 2.75) is 57.9 Å². The van der Waals surface area contributed by atoms with E-state index >= 15 is 0 Å². The van der Waals surface area contributed by atoms with Crippen LogP contribution in [0.25, 0.3) is 10.9 Å². The van der Waals surface area contributed by atoms with Crippen LogP contribution in [-0.4, -0.2) is 32.5 Å². The summed E-state index contributed by atoms with van der Waals surface area (Å²) in [5.41, 5.74) is -0.265. The highest BCUT2D eigenvalue weighted by Gasteiger charge is 2.30. The number of rotatable bonds is 9. The first-order valence-corrected chi connectivity index (χ1v) is 8.90. The van der Waals surface area contributed by atoms with Crippen molar-refractivity contribution in [3.05, 3.63) is 40.4 Å². The van der Waals surface area contributed by atoms with Crippen molar-refractivity contribution in [1.29, 1.82) is 0 Å². The Morgan fingerprint density at radius 3 is 2.58 bits per heavy atom. The smallest absolute Gasteiger partial charge is 0.305 e. The summed E-state index contributed by atoms with van der Waals surface area (Å²) in [6.45, 7) is 3.74. The van der Waals surface area contributed by atoms with Gasteiger partial charge >= 0.3 is 5.97 Å². The lowest BCUT2D eigenvalue weighted by Gasteiger charge is -2.31. The molecule has 0 bridgehead atoms. The van der Waals surface area contributed by atoms with Crippen LogP contribution < -0.4 is 10.9 Å². The number of carboxylic acids is 1. The Hall–Kier alpha value is -2.70. The summed E-state index contributed by atoms with van der Waals surface area (Å²) < 4.78 is 0. The molecule has 0 atom stereocenters. The molecule has 0 aliphatic heterocycles. The molecule has 7 heteroatoms. The highest BCUT2D eigenvalue weighted by Crippen LogP contribution is 2.20. The molecule has 0 spiro atoms. The molecular formula is C19H25N3O4. The molecule has 3 N–H and O–H groups in total. The zero-order chi connectivity index (χ0) is 19.2. The molecule has 2 aromatic rings. The van der Waals surface area contributed by atoms with Gasteiger partial charge in [0.2, 0.25) is 5.91 Å². The zero-order valence-corrected chi connectivity index (χ0v) is 15.2. The first-order chi connectivity index (χ1) is 12.4. The van der Waals surface area contributed by atoms with E-state index in [9.17, 15) is 14.4 Å². The molecule has 26 heavy (non-hydrogen) atoms. The van der Waals surface area contributed by atoms with Gasteiger partial charge in [-0.2, -0.15) is 0 Å². The van der Waals surface area contributed by atoms with Gasteiger partial charge in [-0.05, 0) is 31.4 Å². The molecule has 7 nitrogen and oxygen atoms in total. The van der Waals surface area contributed by atoms with E-state index in [1.54, 1.807) is 18.2 Å². The fourth-order valence-electron chi connectivity index (χ4n) is 3.04. The van der Waals surface area contributed by atoms with E-state index in [0.717, 1.165) is 0 Å². The lowest BCUT2D eigenvalue weighted by molar-refractivity contribution is -0.139. The minimum absolute atomic E-state index is 0.0920. The number of para-hydroxylation sites is 1. The monoisotopic (exact) mass is 359 g/mol. The number of H-pyrrole nitrogens is 1. The third-order valence-corrected chi connectivity index (χ3v) is 4.73. The number of nitrogens with zero attached hydrogens (tertiary/aromatic N) is 1. The van der Waals surface area contributed by atoms with E-state index in [0.29, 0.717) is 42.4 Å². The van der Waals surface area contributed by atoms with E-state index in [1.165, 1.54) is 0 Å². The maximum absolute atomic E-state index is 12.2. The average Bonchev–Trinajstić information content (AvgIpc) is 2.60. The SMILES string of the molecule is CCC(CC)(CC(=O)O)NC(=O)CCCc1nc2ccccc2c(=O)[nH]1. The Morgan fingerprint density at radius 2 is 1.92 bits per heavy atom. The molecule has 1 amide bonds. The minimum Gasteiger partial charge on any atom is -0.481 e. The second-order valence-corrected chi connectivity index (χ2v) is 6.49. The first-order valence-electron chi connectivity index (χ1n) is 8.90. The Balaban J connectivity index is 1.95. The fraction of sp³-hybridized carbons (Fsp3) is 0.474.